The first-order valence-electron chi connectivity index (χ1n) is 9.88. The first kappa shape index (κ1) is 20.0. The number of anilines is 2. The second-order valence-corrected chi connectivity index (χ2v) is 8.26. The average molecular weight is 422 g/mol. The molecule has 8 heteroatoms. The van der Waals surface area contributed by atoms with E-state index >= 15 is 0 Å². The maximum atomic E-state index is 12.5. The standard InChI is InChI=1S/C22H23N5O2S/c1-14(16-7-5-8-17(13-16)27-12-6-11-20(27)28)25-26-21(29)15(2)23-22-24-18-9-3-4-10-19(18)30-22/h3-5,7-10,13,15H,6,11-12H2,1-2H3,(H,23,24)(H,26,29)/b25-14-/t15-/m0/s1. The highest BCUT2D eigenvalue weighted by atomic mass is 32.1. The largest absolute Gasteiger partial charge is 0.350 e. The van der Waals surface area contributed by atoms with Crippen LogP contribution in [0.1, 0.15) is 32.3 Å². The van der Waals surface area contributed by atoms with E-state index in [0.717, 1.165) is 34.4 Å². The molecule has 2 N–H and O–H groups in total. The normalized spacial score (nSPS) is 15.5. The molecule has 1 atom stereocenters. The summed E-state index contributed by atoms with van der Waals surface area (Å²) in [5.74, 6) is -0.107. The Morgan fingerprint density at radius 2 is 2.07 bits per heavy atom. The maximum absolute atomic E-state index is 12.5. The van der Waals surface area contributed by atoms with Crippen LogP contribution in [-0.4, -0.2) is 35.1 Å². The van der Waals surface area contributed by atoms with E-state index in [2.05, 4.69) is 20.8 Å². The summed E-state index contributed by atoms with van der Waals surface area (Å²) in [5.41, 5.74) is 5.91. The Morgan fingerprint density at radius 1 is 1.23 bits per heavy atom. The number of para-hydroxylation sites is 1. The number of carbonyl (C=O) groups is 2. The second kappa shape index (κ2) is 8.62. The second-order valence-electron chi connectivity index (χ2n) is 7.23. The van der Waals surface area contributed by atoms with Crippen LogP contribution in [0, 0.1) is 0 Å². The van der Waals surface area contributed by atoms with Crippen LogP contribution in [0.25, 0.3) is 10.2 Å². The van der Waals surface area contributed by atoms with Gasteiger partial charge in [0.1, 0.15) is 6.04 Å². The summed E-state index contributed by atoms with van der Waals surface area (Å²) < 4.78 is 1.07. The highest BCUT2D eigenvalue weighted by Crippen LogP contribution is 2.26. The van der Waals surface area contributed by atoms with Gasteiger partial charge in [0, 0.05) is 18.7 Å². The molecule has 0 unspecified atom stereocenters. The van der Waals surface area contributed by atoms with Crippen LogP contribution in [0.2, 0.25) is 0 Å². The molecule has 1 aliphatic heterocycles. The molecular formula is C22H23N5O2S. The van der Waals surface area contributed by atoms with E-state index in [0.29, 0.717) is 17.3 Å². The predicted molar refractivity (Wildman–Crippen MR) is 121 cm³/mol. The Kier molecular flexibility index (Phi) is 5.76. The summed E-state index contributed by atoms with van der Waals surface area (Å²) in [5, 5.41) is 8.07. The zero-order chi connectivity index (χ0) is 21.1. The number of nitrogens with zero attached hydrogens (tertiary/aromatic N) is 3. The van der Waals surface area contributed by atoms with Crippen LogP contribution >= 0.6 is 11.3 Å². The van der Waals surface area contributed by atoms with Crippen molar-refractivity contribution in [2.75, 3.05) is 16.8 Å². The lowest BCUT2D eigenvalue weighted by Crippen LogP contribution is -2.35. The number of hydrazone groups is 1. The summed E-state index contributed by atoms with van der Waals surface area (Å²) in [6, 6.07) is 15.0. The monoisotopic (exact) mass is 421 g/mol. The molecule has 2 aromatic carbocycles. The minimum absolute atomic E-state index is 0.143. The number of hydrogen-bond donors (Lipinski definition) is 2. The molecule has 0 bridgehead atoms. The number of carbonyl (C=O) groups excluding carboxylic acids is 2. The van der Waals surface area contributed by atoms with Gasteiger partial charge in [-0.05, 0) is 50.1 Å². The summed E-state index contributed by atoms with van der Waals surface area (Å²) in [6.45, 7) is 4.34. The molecule has 7 nitrogen and oxygen atoms in total. The van der Waals surface area contributed by atoms with Gasteiger partial charge in [-0.1, -0.05) is 35.6 Å². The van der Waals surface area contributed by atoms with E-state index in [1.165, 1.54) is 11.3 Å². The van der Waals surface area contributed by atoms with Crippen LogP contribution in [0.3, 0.4) is 0 Å². The zero-order valence-electron chi connectivity index (χ0n) is 16.9. The summed E-state index contributed by atoms with van der Waals surface area (Å²) in [6.07, 6.45) is 1.47. The van der Waals surface area contributed by atoms with Crippen LogP contribution < -0.4 is 15.6 Å². The molecule has 1 aliphatic rings. The molecule has 0 aliphatic carbocycles. The van der Waals surface area contributed by atoms with Crippen LogP contribution in [-0.2, 0) is 9.59 Å². The number of aromatic nitrogens is 1. The van der Waals surface area contributed by atoms with Crippen molar-refractivity contribution in [2.24, 2.45) is 5.10 Å². The molecule has 30 heavy (non-hydrogen) atoms. The van der Waals surface area contributed by atoms with Gasteiger partial charge in [-0.3, -0.25) is 9.59 Å². The number of rotatable bonds is 6. The third kappa shape index (κ3) is 4.33. The number of amides is 2. The molecule has 1 fully saturated rings. The first-order chi connectivity index (χ1) is 14.5. The van der Waals surface area contributed by atoms with Gasteiger partial charge >= 0.3 is 0 Å². The Morgan fingerprint density at radius 3 is 2.83 bits per heavy atom. The lowest BCUT2D eigenvalue weighted by molar-refractivity contribution is -0.121. The van der Waals surface area contributed by atoms with Crippen molar-refractivity contribution < 1.29 is 9.59 Å². The van der Waals surface area contributed by atoms with Crippen molar-refractivity contribution in [3.05, 3.63) is 54.1 Å². The van der Waals surface area contributed by atoms with Crippen molar-refractivity contribution in [2.45, 2.75) is 32.7 Å². The predicted octanol–water partition coefficient (Wildman–Crippen LogP) is 3.76. The Hall–Kier alpha value is -3.26. The third-order valence-corrected chi connectivity index (χ3v) is 5.98. The number of thiazole rings is 1. The molecule has 3 aromatic rings. The fraction of sp³-hybridized carbons (Fsp3) is 0.273. The van der Waals surface area contributed by atoms with E-state index in [1.54, 1.807) is 11.8 Å². The molecule has 2 heterocycles. The minimum atomic E-state index is -0.490. The van der Waals surface area contributed by atoms with Gasteiger partial charge in [-0.25, -0.2) is 10.4 Å². The smallest absolute Gasteiger partial charge is 0.262 e. The Balaban J connectivity index is 1.39. The molecule has 1 aromatic heterocycles. The number of nitrogens with one attached hydrogen (secondary N) is 2. The number of hydrogen-bond acceptors (Lipinski definition) is 6. The van der Waals surface area contributed by atoms with Crippen molar-refractivity contribution in [3.63, 3.8) is 0 Å². The minimum Gasteiger partial charge on any atom is -0.350 e. The van der Waals surface area contributed by atoms with Crippen LogP contribution in [0.4, 0.5) is 10.8 Å². The van der Waals surface area contributed by atoms with Gasteiger partial charge in [0.15, 0.2) is 5.13 Å². The number of benzene rings is 2. The molecule has 1 saturated heterocycles. The first-order valence-corrected chi connectivity index (χ1v) is 10.7. The van der Waals surface area contributed by atoms with E-state index in [1.807, 2.05) is 55.5 Å². The Labute approximate surface area is 178 Å². The summed E-state index contributed by atoms with van der Waals surface area (Å²) in [4.78, 5) is 30.7. The lowest BCUT2D eigenvalue weighted by atomic mass is 10.1. The van der Waals surface area contributed by atoms with Crippen molar-refractivity contribution >= 4 is 49.9 Å². The fourth-order valence-corrected chi connectivity index (χ4v) is 4.26. The highest BCUT2D eigenvalue weighted by molar-refractivity contribution is 7.22. The van der Waals surface area contributed by atoms with E-state index < -0.39 is 6.04 Å². The molecular weight excluding hydrogens is 398 g/mol. The van der Waals surface area contributed by atoms with Gasteiger partial charge in [0.05, 0.1) is 15.9 Å². The molecule has 4 rings (SSSR count). The maximum Gasteiger partial charge on any atom is 0.262 e. The quantitative estimate of drug-likeness (QED) is 0.469. The molecule has 0 saturated carbocycles. The van der Waals surface area contributed by atoms with Crippen LogP contribution in [0.15, 0.2) is 53.6 Å². The van der Waals surface area contributed by atoms with Gasteiger partial charge in [0.2, 0.25) is 5.91 Å². The van der Waals surface area contributed by atoms with Gasteiger partial charge < -0.3 is 10.2 Å². The molecule has 154 valence electrons. The van der Waals surface area contributed by atoms with Crippen molar-refractivity contribution in [3.8, 4) is 0 Å². The molecule has 2 amide bonds. The van der Waals surface area contributed by atoms with E-state index in [9.17, 15) is 9.59 Å². The molecule has 0 spiro atoms. The third-order valence-electron chi connectivity index (χ3n) is 5.01. The van der Waals surface area contributed by atoms with Gasteiger partial charge in [0.25, 0.3) is 5.91 Å². The zero-order valence-corrected chi connectivity index (χ0v) is 17.7. The summed E-state index contributed by atoms with van der Waals surface area (Å²) >= 11 is 1.51. The van der Waals surface area contributed by atoms with Gasteiger partial charge in [-0.15, -0.1) is 0 Å². The highest BCUT2D eigenvalue weighted by Gasteiger charge is 2.22. The topological polar surface area (TPSA) is 86.7 Å². The Bertz CT molecular complexity index is 1090. The van der Waals surface area contributed by atoms with Crippen molar-refractivity contribution in [1.29, 1.82) is 0 Å². The SMILES string of the molecule is C/C(=N/NC(=O)[C@H](C)Nc1nc2ccccc2s1)c1cccc(N2CCCC2=O)c1. The fourth-order valence-electron chi connectivity index (χ4n) is 3.31. The lowest BCUT2D eigenvalue weighted by Gasteiger charge is -2.16. The van der Waals surface area contributed by atoms with Crippen LogP contribution in [0.5, 0.6) is 0 Å². The molecule has 0 radical (unpaired) electrons. The summed E-state index contributed by atoms with van der Waals surface area (Å²) in [7, 11) is 0. The van der Waals surface area contributed by atoms with Crippen molar-refractivity contribution in [1.82, 2.24) is 10.4 Å². The number of fused-ring (bicyclic) bond motifs is 1. The van der Waals surface area contributed by atoms with Gasteiger partial charge in [-0.2, -0.15) is 5.10 Å². The average Bonchev–Trinajstić information content (AvgIpc) is 3.37. The van der Waals surface area contributed by atoms with E-state index in [-0.39, 0.29) is 11.8 Å². The van der Waals surface area contributed by atoms with E-state index in [4.69, 9.17) is 0 Å².